The minimum Gasteiger partial charge on any atom is -0.411 e. The molecule has 0 aromatic heterocycles. The molecule has 17 heavy (non-hydrogen) atoms. The number of oxime groups is 2. The average molecular weight is 243 g/mol. The zero-order chi connectivity index (χ0) is 13.1. The van der Waals surface area contributed by atoms with Crippen molar-refractivity contribution in [3.63, 3.8) is 0 Å². The van der Waals surface area contributed by atoms with Crippen molar-refractivity contribution < 1.29 is 10.4 Å². The number of nitrogens with zero attached hydrogens (tertiary/aromatic N) is 3. The Morgan fingerprint density at radius 3 is 2.53 bits per heavy atom. The SMILES string of the molecule is CCCCCCN(CC(C)=NO)C(C)C=NO. The summed E-state index contributed by atoms with van der Waals surface area (Å²) < 4.78 is 0. The molecular weight excluding hydrogens is 218 g/mol. The fourth-order valence-corrected chi connectivity index (χ4v) is 1.68. The van der Waals surface area contributed by atoms with Gasteiger partial charge in [-0.05, 0) is 26.8 Å². The molecule has 0 heterocycles. The van der Waals surface area contributed by atoms with Crippen molar-refractivity contribution in [3.8, 4) is 0 Å². The van der Waals surface area contributed by atoms with Crippen molar-refractivity contribution in [1.29, 1.82) is 0 Å². The smallest absolute Gasteiger partial charge is 0.0680 e. The van der Waals surface area contributed by atoms with Gasteiger partial charge in [-0.1, -0.05) is 31.3 Å². The highest BCUT2D eigenvalue weighted by Crippen LogP contribution is 2.04. The average Bonchev–Trinajstić information content (AvgIpc) is 2.33. The highest BCUT2D eigenvalue weighted by molar-refractivity contribution is 5.83. The Morgan fingerprint density at radius 2 is 2.00 bits per heavy atom. The summed E-state index contributed by atoms with van der Waals surface area (Å²) in [6.07, 6.45) is 6.25. The van der Waals surface area contributed by atoms with E-state index in [1.54, 1.807) is 6.92 Å². The third-order valence-electron chi connectivity index (χ3n) is 2.76. The van der Waals surface area contributed by atoms with E-state index in [9.17, 15) is 0 Å². The summed E-state index contributed by atoms with van der Waals surface area (Å²) in [4.78, 5) is 2.13. The summed E-state index contributed by atoms with van der Waals surface area (Å²) in [6, 6.07) is 0.0401. The Balaban J connectivity index is 4.20. The monoisotopic (exact) mass is 243 g/mol. The fourth-order valence-electron chi connectivity index (χ4n) is 1.68. The van der Waals surface area contributed by atoms with Gasteiger partial charge in [-0.15, -0.1) is 5.16 Å². The molecule has 0 aromatic carbocycles. The quantitative estimate of drug-likeness (QED) is 0.283. The molecule has 0 aliphatic carbocycles. The molecule has 0 rings (SSSR count). The second kappa shape index (κ2) is 10.1. The first-order chi connectivity index (χ1) is 8.15. The lowest BCUT2D eigenvalue weighted by atomic mass is 10.1. The van der Waals surface area contributed by atoms with E-state index in [1.165, 1.54) is 25.5 Å². The van der Waals surface area contributed by atoms with Crippen LogP contribution in [0.2, 0.25) is 0 Å². The Bertz CT molecular complexity index is 242. The van der Waals surface area contributed by atoms with Crippen molar-refractivity contribution in [3.05, 3.63) is 0 Å². The van der Waals surface area contributed by atoms with Gasteiger partial charge in [0.05, 0.1) is 11.9 Å². The van der Waals surface area contributed by atoms with E-state index >= 15 is 0 Å². The van der Waals surface area contributed by atoms with Crippen LogP contribution in [0.25, 0.3) is 0 Å². The molecule has 5 nitrogen and oxygen atoms in total. The molecule has 1 unspecified atom stereocenters. The number of hydrogen-bond donors (Lipinski definition) is 2. The predicted molar refractivity (Wildman–Crippen MR) is 70.4 cm³/mol. The molecule has 0 aliphatic heterocycles. The van der Waals surface area contributed by atoms with E-state index in [1.807, 2.05) is 6.92 Å². The van der Waals surface area contributed by atoms with Crippen LogP contribution in [0.4, 0.5) is 0 Å². The normalized spacial score (nSPS) is 14.7. The van der Waals surface area contributed by atoms with Crippen LogP contribution in [0.15, 0.2) is 10.3 Å². The topological polar surface area (TPSA) is 68.4 Å². The van der Waals surface area contributed by atoms with Crippen LogP contribution in [-0.4, -0.2) is 46.4 Å². The Kier molecular flexibility index (Phi) is 9.43. The Hall–Kier alpha value is -1.10. The first-order valence-electron chi connectivity index (χ1n) is 6.24. The van der Waals surface area contributed by atoms with E-state index in [0.717, 1.165) is 13.0 Å². The lowest BCUT2D eigenvalue weighted by Crippen LogP contribution is -2.38. The molecule has 5 heteroatoms. The lowest BCUT2D eigenvalue weighted by molar-refractivity contribution is 0.264. The molecule has 0 radical (unpaired) electrons. The van der Waals surface area contributed by atoms with Crippen LogP contribution in [0.1, 0.15) is 46.5 Å². The Morgan fingerprint density at radius 1 is 1.29 bits per heavy atom. The third-order valence-corrected chi connectivity index (χ3v) is 2.76. The van der Waals surface area contributed by atoms with Crippen LogP contribution in [0.5, 0.6) is 0 Å². The van der Waals surface area contributed by atoms with Crippen LogP contribution in [-0.2, 0) is 0 Å². The summed E-state index contributed by atoms with van der Waals surface area (Å²) in [5, 5.41) is 23.5. The summed E-state index contributed by atoms with van der Waals surface area (Å²) in [6.45, 7) is 7.43. The maximum absolute atomic E-state index is 8.68. The summed E-state index contributed by atoms with van der Waals surface area (Å²) in [7, 11) is 0. The molecular formula is C12H25N3O2. The zero-order valence-electron chi connectivity index (χ0n) is 11.1. The first-order valence-corrected chi connectivity index (χ1v) is 6.24. The van der Waals surface area contributed by atoms with E-state index in [4.69, 9.17) is 10.4 Å². The standard InChI is InChI=1S/C12H25N3O2/c1-4-5-6-7-8-15(10-11(2)14-17)12(3)9-13-16/h9,12,16-17H,4-8,10H2,1-3H3. The number of unbranched alkanes of at least 4 members (excludes halogenated alkanes) is 3. The van der Waals surface area contributed by atoms with E-state index < -0.39 is 0 Å². The minimum atomic E-state index is 0.0401. The van der Waals surface area contributed by atoms with Crippen molar-refractivity contribution in [2.75, 3.05) is 13.1 Å². The van der Waals surface area contributed by atoms with Gasteiger partial charge in [-0.2, -0.15) is 0 Å². The van der Waals surface area contributed by atoms with Gasteiger partial charge in [0.2, 0.25) is 0 Å². The van der Waals surface area contributed by atoms with Crippen molar-refractivity contribution in [2.24, 2.45) is 10.3 Å². The van der Waals surface area contributed by atoms with E-state index in [0.29, 0.717) is 12.3 Å². The van der Waals surface area contributed by atoms with Crippen LogP contribution >= 0.6 is 0 Å². The van der Waals surface area contributed by atoms with Gasteiger partial charge in [0.25, 0.3) is 0 Å². The zero-order valence-corrected chi connectivity index (χ0v) is 11.1. The molecule has 100 valence electrons. The van der Waals surface area contributed by atoms with Gasteiger partial charge in [0, 0.05) is 12.6 Å². The van der Waals surface area contributed by atoms with Crippen LogP contribution < -0.4 is 0 Å². The van der Waals surface area contributed by atoms with E-state index in [-0.39, 0.29) is 6.04 Å². The number of hydrogen-bond acceptors (Lipinski definition) is 5. The maximum Gasteiger partial charge on any atom is 0.0680 e. The molecule has 0 saturated heterocycles. The number of rotatable bonds is 9. The van der Waals surface area contributed by atoms with Gasteiger partial charge >= 0.3 is 0 Å². The fraction of sp³-hybridized carbons (Fsp3) is 0.833. The summed E-state index contributed by atoms with van der Waals surface area (Å²) in [5.41, 5.74) is 0.665. The molecule has 0 aliphatic rings. The molecule has 0 fully saturated rings. The Labute approximate surface area is 104 Å². The predicted octanol–water partition coefficient (Wildman–Crippen LogP) is 2.57. The molecule has 0 aromatic rings. The largest absolute Gasteiger partial charge is 0.411 e. The molecule has 0 amide bonds. The molecule has 0 bridgehead atoms. The van der Waals surface area contributed by atoms with E-state index in [2.05, 4.69) is 22.1 Å². The van der Waals surface area contributed by atoms with Gasteiger partial charge < -0.3 is 10.4 Å². The van der Waals surface area contributed by atoms with Gasteiger partial charge in [0.1, 0.15) is 0 Å². The van der Waals surface area contributed by atoms with Crippen LogP contribution in [0.3, 0.4) is 0 Å². The summed E-state index contributed by atoms with van der Waals surface area (Å²) >= 11 is 0. The highest BCUT2D eigenvalue weighted by atomic mass is 16.4. The van der Waals surface area contributed by atoms with Crippen LogP contribution in [0, 0.1) is 0 Å². The van der Waals surface area contributed by atoms with Crippen molar-refractivity contribution in [2.45, 2.75) is 52.5 Å². The molecule has 1 atom stereocenters. The first kappa shape index (κ1) is 15.9. The molecule has 2 N–H and O–H groups in total. The van der Waals surface area contributed by atoms with Gasteiger partial charge in [0.15, 0.2) is 0 Å². The third kappa shape index (κ3) is 7.74. The summed E-state index contributed by atoms with van der Waals surface area (Å²) in [5.74, 6) is 0. The molecule has 0 spiro atoms. The molecule has 0 saturated carbocycles. The highest BCUT2D eigenvalue weighted by Gasteiger charge is 2.12. The lowest BCUT2D eigenvalue weighted by Gasteiger charge is -2.25. The minimum absolute atomic E-state index is 0.0401. The van der Waals surface area contributed by atoms with Crippen molar-refractivity contribution in [1.82, 2.24) is 4.90 Å². The maximum atomic E-state index is 8.68. The second-order valence-corrected chi connectivity index (χ2v) is 4.37. The second-order valence-electron chi connectivity index (χ2n) is 4.37. The van der Waals surface area contributed by atoms with Gasteiger partial charge in [-0.3, -0.25) is 4.90 Å². The van der Waals surface area contributed by atoms with Gasteiger partial charge in [-0.25, -0.2) is 0 Å². The van der Waals surface area contributed by atoms with Crippen molar-refractivity contribution >= 4 is 11.9 Å².